The van der Waals surface area contributed by atoms with Crippen molar-refractivity contribution in [3.63, 3.8) is 0 Å². The average Bonchev–Trinajstić information content (AvgIpc) is 2.75. The van der Waals surface area contributed by atoms with Crippen LogP contribution in [0.15, 0.2) is 54.1 Å². The molecule has 1 aromatic carbocycles. The first-order valence-electron chi connectivity index (χ1n) is 9.36. The van der Waals surface area contributed by atoms with Crippen molar-refractivity contribution >= 4 is 17.5 Å². The Morgan fingerprint density at radius 2 is 2.03 bits per heavy atom. The number of hydrogen-bond acceptors (Lipinski definition) is 6. The number of pyridine rings is 1. The van der Waals surface area contributed by atoms with Crippen LogP contribution < -0.4 is 0 Å². The van der Waals surface area contributed by atoms with Gasteiger partial charge in [-0.25, -0.2) is 4.98 Å². The van der Waals surface area contributed by atoms with Gasteiger partial charge in [-0.3, -0.25) is 19.8 Å². The van der Waals surface area contributed by atoms with E-state index in [0.717, 1.165) is 5.56 Å². The molecular formula is C21H20ClN5O3. The fraction of sp³-hybridized carbons (Fsp3) is 0.286. The molecule has 0 saturated carbocycles. The van der Waals surface area contributed by atoms with Crippen LogP contribution in [0.1, 0.15) is 36.0 Å². The number of nitro groups is 1. The van der Waals surface area contributed by atoms with Crippen molar-refractivity contribution in [3.8, 4) is 6.07 Å². The van der Waals surface area contributed by atoms with E-state index in [-0.39, 0.29) is 23.8 Å². The molecule has 0 N–H and O–H groups in total. The highest BCUT2D eigenvalue weighted by Gasteiger charge is 2.42. The number of halogens is 1. The van der Waals surface area contributed by atoms with Crippen molar-refractivity contribution in [2.75, 3.05) is 13.6 Å². The first-order valence-corrected chi connectivity index (χ1v) is 9.74. The zero-order chi connectivity index (χ0) is 21.8. The van der Waals surface area contributed by atoms with Crippen molar-refractivity contribution in [1.29, 1.82) is 5.26 Å². The van der Waals surface area contributed by atoms with Gasteiger partial charge in [-0.1, -0.05) is 29.8 Å². The summed E-state index contributed by atoms with van der Waals surface area (Å²) in [5.74, 6) is -0.649. The molecule has 9 heteroatoms. The van der Waals surface area contributed by atoms with E-state index in [1.54, 1.807) is 54.5 Å². The fourth-order valence-electron chi connectivity index (χ4n) is 3.56. The summed E-state index contributed by atoms with van der Waals surface area (Å²) in [5, 5.41) is 21.5. The van der Waals surface area contributed by atoms with Gasteiger partial charge in [-0.2, -0.15) is 5.26 Å². The van der Waals surface area contributed by atoms with Gasteiger partial charge >= 0.3 is 0 Å². The van der Waals surface area contributed by atoms with Crippen LogP contribution in [-0.2, 0) is 11.3 Å². The Morgan fingerprint density at radius 1 is 1.33 bits per heavy atom. The maximum absolute atomic E-state index is 12.8. The summed E-state index contributed by atoms with van der Waals surface area (Å²) in [7, 11) is 1.55. The number of rotatable bonds is 6. The summed E-state index contributed by atoms with van der Waals surface area (Å²) in [4.78, 5) is 31.7. The molecule has 8 nitrogen and oxygen atoms in total. The lowest BCUT2D eigenvalue weighted by Gasteiger charge is -2.36. The molecule has 0 aliphatic carbocycles. The number of carbonyl (C=O) groups excluding carboxylic acids is 1. The molecule has 1 aromatic heterocycles. The zero-order valence-corrected chi connectivity index (χ0v) is 17.3. The number of benzene rings is 1. The Labute approximate surface area is 179 Å². The van der Waals surface area contributed by atoms with Gasteiger partial charge in [0.2, 0.25) is 5.91 Å². The van der Waals surface area contributed by atoms with E-state index < -0.39 is 10.8 Å². The second kappa shape index (κ2) is 8.93. The van der Waals surface area contributed by atoms with Crippen molar-refractivity contribution in [1.82, 2.24) is 14.8 Å². The highest BCUT2D eigenvalue weighted by atomic mass is 35.5. The molecule has 0 spiro atoms. The third kappa shape index (κ3) is 4.26. The molecule has 2 heterocycles. The van der Waals surface area contributed by atoms with Gasteiger partial charge in [0.25, 0.3) is 5.70 Å². The second-order valence-corrected chi connectivity index (χ2v) is 7.30. The summed E-state index contributed by atoms with van der Waals surface area (Å²) in [6.45, 7) is 2.66. The molecule has 0 radical (unpaired) electrons. The Balaban J connectivity index is 2.09. The second-order valence-electron chi connectivity index (χ2n) is 6.91. The highest BCUT2D eigenvalue weighted by Crippen LogP contribution is 2.37. The molecule has 1 unspecified atom stereocenters. The first-order chi connectivity index (χ1) is 14.3. The number of nitrogens with zero attached hydrogens (tertiary/aromatic N) is 5. The van der Waals surface area contributed by atoms with E-state index in [4.69, 9.17) is 16.9 Å². The Morgan fingerprint density at radius 3 is 2.57 bits per heavy atom. The Bertz CT molecular complexity index is 1030. The maximum atomic E-state index is 12.8. The molecule has 154 valence electrons. The first kappa shape index (κ1) is 21.3. The molecule has 1 amide bonds. The third-order valence-corrected chi connectivity index (χ3v) is 5.34. The number of carbonyl (C=O) groups is 1. The predicted octanol–water partition coefficient (Wildman–Crippen LogP) is 3.52. The molecule has 2 aromatic rings. The van der Waals surface area contributed by atoms with Gasteiger partial charge in [0.1, 0.15) is 5.15 Å². The largest absolute Gasteiger partial charge is 0.348 e. The Kier molecular flexibility index (Phi) is 6.33. The van der Waals surface area contributed by atoms with E-state index in [1.807, 2.05) is 13.0 Å². The molecule has 3 rings (SSSR count). The van der Waals surface area contributed by atoms with Crippen molar-refractivity contribution in [2.45, 2.75) is 25.8 Å². The third-order valence-electron chi connectivity index (χ3n) is 5.11. The van der Waals surface area contributed by atoms with Crippen LogP contribution in [0.2, 0.25) is 5.15 Å². The van der Waals surface area contributed by atoms with Crippen LogP contribution in [0.4, 0.5) is 0 Å². The van der Waals surface area contributed by atoms with Crippen LogP contribution in [0.3, 0.4) is 0 Å². The lowest BCUT2D eigenvalue weighted by atomic mass is 9.88. The van der Waals surface area contributed by atoms with Gasteiger partial charge in [0, 0.05) is 32.8 Å². The van der Waals surface area contributed by atoms with E-state index >= 15 is 0 Å². The number of amides is 1. The minimum absolute atomic E-state index is 0.0116. The molecule has 0 fully saturated rings. The molecule has 0 bridgehead atoms. The van der Waals surface area contributed by atoms with Gasteiger partial charge < -0.3 is 4.90 Å². The number of allylic oxidation sites excluding steroid dienone is 1. The normalized spacial score (nSPS) is 16.4. The van der Waals surface area contributed by atoms with E-state index in [1.165, 1.54) is 4.90 Å². The lowest BCUT2D eigenvalue weighted by molar-refractivity contribution is -0.434. The molecule has 1 aliphatic rings. The molecule has 30 heavy (non-hydrogen) atoms. The van der Waals surface area contributed by atoms with Crippen LogP contribution in [0.25, 0.3) is 0 Å². The molecular weight excluding hydrogens is 406 g/mol. The van der Waals surface area contributed by atoms with Crippen LogP contribution >= 0.6 is 11.6 Å². The van der Waals surface area contributed by atoms with E-state index in [0.29, 0.717) is 29.4 Å². The van der Waals surface area contributed by atoms with Gasteiger partial charge in [-0.15, -0.1) is 0 Å². The van der Waals surface area contributed by atoms with Gasteiger partial charge in [0.15, 0.2) is 5.82 Å². The number of hydrogen-bond donors (Lipinski definition) is 0. The van der Waals surface area contributed by atoms with E-state index in [2.05, 4.69) is 4.98 Å². The smallest absolute Gasteiger partial charge is 0.294 e. The monoisotopic (exact) mass is 425 g/mol. The van der Waals surface area contributed by atoms with Crippen LogP contribution in [0, 0.1) is 21.4 Å². The highest BCUT2D eigenvalue weighted by molar-refractivity contribution is 6.29. The summed E-state index contributed by atoms with van der Waals surface area (Å²) in [6.07, 6.45) is 1.60. The van der Waals surface area contributed by atoms with Crippen LogP contribution in [0.5, 0.6) is 0 Å². The van der Waals surface area contributed by atoms with E-state index in [9.17, 15) is 14.9 Å². The molecule has 1 aliphatic heterocycles. The summed E-state index contributed by atoms with van der Waals surface area (Å²) >= 11 is 5.85. The van der Waals surface area contributed by atoms with Gasteiger partial charge in [-0.05, 0) is 36.2 Å². The predicted molar refractivity (Wildman–Crippen MR) is 111 cm³/mol. The van der Waals surface area contributed by atoms with Crippen LogP contribution in [-0.4, -0.2) is 39.2 Å². The number of nitriles is 1. The fourth-order valence-corrected chi connectivity index (χ4v) is 3.67. The lowest BCUT2D eigenvalue weighted by Crippen LogP contribution is -2.43. The standard InChI is InChI=1S/C21H20ClN5O3/c1-3-26(13-15-6-9-18(22)24-12-15)21-20(27(29)30)17(10-19(28)25(21)2)16-7-4-14(11-23)5-8-16/h4-9,12,17H,3,10,13H2,1-2H3. The average molecular weight is 426 g/mol. The Hall–Kier alpha value is -3.44. The topological polar surface area (TPSA) is 103 Å². The van der Waals surface area contributed by atoms with Crippen molar-refractivity contribution < 1.29 is 9.72 Å². The van der Waals surface area contributed by atoms with Crippen molar-refractivity contribution in [3.05, 3.63) is 86.1 Å². The van der Waals surface area contributed by atoms with Crippen molar-refractivity contribution in [2.24, 2.45) is 0 Å². The van der Waals surface area contributed by atoms with Gasteiger partial charge in [0.05, 0.1) is 22.5 Å². The number of aromatic nitrogens is 1. The maximum Gasteiger partial charge on any atom is 0.294 e. The molecule has 1 atom stereocenters. The summed E-state index contributed by atoms with van der Waals surface area (Å²) in [5.41, 5.74) is 1.86. The quantitative estimate of drug-likeness (QED) is 0.398. The minimum atomic E-state index is -0.705. The summed E-state index contributed by atoms with van der Waals surface area (Å²) < 4.78 is 0. The molecule has 0 saturated heterocycles. The minimum Gasteiger partial charge on any atom is -0.348 e. The zero-order valence-electron chi connectivity index (χ0n) is 16.6. The summed E-state index contributed by atoms with van der Waals surface area (Å²) in [6, 6.07) is 12.0. The SMILES string of the molecule is CCN(Cc1ccc(Cl)nc1)C1=C([N+](=O)[O-])C(c2ccc(C#N)cc2)CC(=O)N1C.